The number of nitrogens with zero attached hydrogens (tertiary/aromatic N) is 2. The molecule has 148 valence electrons. The van der Waals surface area contributed by atoms with Gasteiger partial charge in [-0.05, 0) is 49.0 Å². The minimum absolute atomic E-state index is 0.0186. The van der Waals surface area contributed by atoms with Gasteiger partial charge in [-0.3, -0.25) is 5.10 Å². The zero-order valence-electron chi connectivity index (χ0n) is 15.1. The molecule has 0 aliphatic rings. The van der Waals surface area contributed by atoms with Crippen LogP contribution in [0.5, 0.6) is 11.5 Å². The van der Waals surface area contributed by atoms with Crippen molar-refractivity contribution in [2.75, 3.05) is 12.5 Å². The summed E-state index contributed by atoms with van der Waals surface area (Å²) in [7, 11) is 1.54. The van der Waals surface area contributed by atoms with Crippen molar-refractivity contribution in [3.63, 3.8) is 0 Å². The highest BCUT2D eigenvalue weighted by atomic mass is 79.9. The molecule has 0 spiro atoms. The molecule has 0 aliphatic carbocycles. The molecular weight excluding hydrogens is 471 g/mol. The Morgan fingerprint density at radius 1 is 1.36 bits per heavy atom. The van der Waals surface area contributed by atoms with E-state index in [2.05, 4.69) is 31.6 Å². The van der Waals surface area contributed by atoms with Crippen LogP contribution in [0, 0.1) is 17.5 Å². The number of ether oxygens (including phenoxy) is 2. The quantitative estimate of drug-likeness (QED) is 0.452. The standard InChI is InChI=1S/C18H17BrClFN4O2S/c1-10-23-24-18(28)25(10)22-8-11-6-16(26-2)17(7-13(11)19)27-9-12-14(20)4-3-5-15(12)21/h3-7,22H,8-9H2,1-2H3,(H,24,28). The minimum atomic E-state index is -0.418. The summed E-state index contributed by atoms with van der Waals surface area (Å²) in [6, 6.07) is 8.11. The van der Waals surface area contributed by atoms with Gasteiger partial charge in [0, 0.05) is 10.0 Å². The summed E-state index contributed by atoms with van der Waals surface area (Å²) in [5.74, 6) is 1.28. The van der Waals surface area contributed by atoms with E-state index in [1.165, 1.54) is 6.07 Å². The molecule has 0 radical (unpaired) electrons. The molecule has 1 heterocycles. The summed E-state index contributed by atoms with van der Waals surface area (Å²) in [5.41, 5.74) is 4.39. The predicted molar refractivity (Wildman–Crippen MR) is 112 cm³/mol. The summed E-state index contributed by atoms with van der Waals surface area (Å²) < 4.78 is 28.1. The van der Waals surface area contributed by atoms with Crippen molar-refractivity contribution in [1.29, 1.82) is 0 Å². The molecule has 0 atom stereocenters. The normalized spacial score (nSPS) is 10.8. The monoisotopic (exact) mass is 486 g/mol. The first kappa shape index (κ1) is 20.6. The molecule has 6 nitrogen and oxygen atoms in total. The molecule has 2 aromatic carbocycles. The molecule has 0 unspecified atom stereocenters. The van der Waals surface area contributed by atoms with Gasteiger partial charge in [0.1, 0.15) is 18.2 Å². The maximum absolute atomic E-state index is 13.9. The number of aromatic nitrogens is 3. The topological polar surface area (TPSA) is 64.1 Å². The molecule has 0 saturated carbocycles. The van der Waals surface area contributed by atoms with Gasteiger partial charge >= 0.3 is 0 Å². The van der Waals surface area contributed by atoms with E-state index in [0.717, 1.165) is 15.9 Å². The zero-order chi connectivity index (χ0) is 20.3. The molecule has 10 heteroatoms. The van der Waals surface area contributed by atoms with Crippen molar-refractivity contribution in [3.8, 4) is 11.5 Å². The highest BCUT2D eigenvalue weighted by Crippen LogP contribution is 2.35. The van der Waals surface area contributed by atoms with Gasteiger partial charge in [-0.2, -0.15) is 5.10 Å². The number of hydrogen-bond donors (Lipinski definition) is 2. The van der Waals surface area contributed by atoms with Crippen LogP contribution in [0.4, 0.5) is 4.39 Å². The van der Waals surface area contributed by atoms with Crippen molar-refractivity contribution >= 4 is 39.7 Å². The lowest BCUT2D eigenvalue weighted by Gasteiger charge is -2.16. The summed E-state index contributed by atoms with van der Waals surface area (Å²) in [6.45, 7) is 2.28. The van der Waals surface area contributed by atoms with Gasteiger partial charge < -0.3 is 14.9 Å². The van der Waals surface area contributed by atoms with Crippen LogP contribution >= 0.6 is 39.7 Å². The van der Waals surface area contributed by atoms with Crippen molar-refractivity contribution in [3.05, 3.63) is 67.4 Å². The number of aromatic amines is 1. The second-order valence-corrected chi connectivity index (χ2v) is 7.48. The van der Waals surface area contributed by atoms with E-state index in [1.54, 1.807) is 30.0 Å². The van der Waals surface area contributed by atoms with Gasteiger partial charge in [-0.25, -0.2) is 9.07 Å². The van der Waals surface area contributed by atoms with Crippen LogP contribution in [0.1, 0.15) is 17.0 Å². The molecule has 1 aromatic heterocycles. The van der Waals surface area contributed by atoms with Crippen LogP contribution < -0.4 is 14.9 Å². The van der Waals surface area contributed by atoms with Crippen LogP contribution in [-0.4, -0.2) is 22.0 Å². The van der Waals surface area contributed by atoms with Crippen molar-refractivity contribution in [1.82, 2.24) is 14.9 Å². The van der Waals surface area contributed by atoms with Crippen molar-refractivity contribution < 1.29 is 13.9 Å². The van der Waals surface area contributed by atoms with Gasteiger partial charge in [0.25, 0.3) is 0 Å². The molecule has 3 aromatic rings. The average molecular weight is 488 g/mol. The molecule has 2 N–H and O–H groups in total. The van der Waals surface area contributed by atoms with Crippen LogP contribution in [0.2, 0.25) is 5.02 Å². The number of rotatable bonds is 7. The lowest BCUT2D eigenvalue weighted by atomic mass is 10.2. The van der Waals surface area contributed by atoms with Gasteiger partial charge in [0.05, 0.1) is 18.7 Å². The van der Waals surface area contributed by atoms with Gasteiger partial charge in [-0.1, -0.05) is 33.6 Å². The summed E-state index contributed by atoms with van der Waals surface area (Å²) >= 11 is 14.8. The Hall–Kier alpha value is -2.10. The second kappa shape index (κ2) is 8.93. The highest BCUT2D eigenvalue weighted by molar-refractivity contribution is 9.10. The smallest absolute Gasteiger partial charge is 0.214 e. The SMILES string of the molecule is COc1cc(CNn2c(C)n[nH]c2=S)c(Br)cc1OCc1c(F)cccc1Cl. The lowest BCUT2D eigenvalue weighted by molar-refractivity contribution is 0.279. The third kappa shape index (κ3) is 4.48. The van der Waals surface area contributed by atoms with Crippen molar-refractivity contribution in [2.45, 2.75) is 20.1 Å². The third-order valence-electron chi connectivity index (χ3n) is 4.03. The molecule has 0 aliphatic heterocycles. The Morgan fingerprint density at radius 3 is 2.79 bits per heavy atom. The van der Waals surface area contributed by atoms with Crippen LogP contribution in [0.15, 0.2) is 34.8 Å². The van der Waals surface area contributed by atoms with Gasteiger partial charge in [0.2, 0.25) is 4.77 Å². The fourth-order valence-electron chi connectivity index (χ4n) is 2.53. The van der Waals surface area contributed by atoms with Crippen molar-refractivity contribution in [2.24, 2.45) is 0 Å². The number of benzene rings is 2. The van der Waals surface area contributed by atoms with Crippen LogP contribution in [0.3, 0.4) is 0 Å². The first-order valence-corrected chi connectivity index (χ1v) is 9.78. The first-order valence-electron chi connectivity index (χ1n) is 8.20. The van der Waals surface area contributed by atoms with Gasteiger partial charge in [-0.15, -0.1) is 0 Å². The van der Waals surface area contributed by atoms with Crippen LogP contribution in [-0.2, 0) is 13.2 Å². The Balaban J connectivity index is 1.78. The summed E-state index contributed by atoms with van der Waals surface area (Å²) in [5, 5.41) is 7.08. The molecule has 3 rings (SSSR count). The Labute approximate surface area is 179 Å². The van der Waals surface area contributed by atoms with E-state index in [0.29, 0.717) is 27.8 Å². The van der Waals surface area contributed by atoms with E-state index in [4.69, 9.17) is 33.3 Å². The fourth-order valence-corrected chi connectivity index (χ4v) is 3.45. The number of H-pyrrole nitrogens is 1. The number of halogens is 3. The Morgan fingerprint density at radius 2 is 2.14 bits per heavy atom. The zero-order valence-corrected chi connectivity index (χ0v) is 18.2. The van der Waals surface area contributed by atoms with E-state index < -0.39 is 5.82 Å². The van der Waals surface area contributed by atoms with E-state index in [1.807, 2.05) is 13.0 Å². The first-order chi connectivity index (χ1) is 13.4. The Bertz CT molecular complexity index is 1040. The third-order valence-corrected chi connectivity index (χ3v) is 5.40. The second-order valence-electron chi connectivity index (χ2n) is 5.83. The number of methoxy groups -OCH3 is 1. The molecule has 0 bridgehead atoms. The fraction of sp³-hybridized carbons (Fsp3) is 0.222. The number of nitrogens with one attached hydrogen (secondary N) is 2. The van der Waals surface area contributed by atoms with Gasteiger partial charge in [0.15, 0.2) is 11.5 Å². The number of hydrogen-bond acceptors (Lipinski definition) is 5. The maximum atomic E-state index is 13.9. The van der Waals surface area contributed by atoms with E-state index >= 15 is 0 Å². The largest absolute Gasteiger partial charge is 0.493 e. The van der Waals surface area contributed by atoms with E-state index in [-0.39, 0.29) is 12.2 Å². The molecule has 28 heavy (non-hydrogen) atoms. The molecule has 0 saturated heterocycles. The molecule has 0 amide bonds. The maximum Gasteiger partial charge on any atom is 0.214 e. The minimum Gasteiger partial charge on any atom is -0.493 e. The highest BCUT2D eigenvalue weighted by Gasteiger charge is 2.14. The lowest BCUT2D eigenvalue weighted by Crippen LogP contribution is -2.16. The summed E-state index contributed by atoms with van der Waals surface area (Å²) in [6.07, 6.45) is 0. The molecular formula is C18H17BrClFN4O2S. The van der Waals surface area contributed by atoms with Crippen LogP contribution in [0.25, 0.3) is 0 Å². The molecule has 0 fully saturated rings. The Kier molecular flexibility index (Phi) is 6.58. The van der Waals surface area contributed by atoms with E-state index in [9.17, 15) is 4.39 Å². The predicted octanol–water partition coefficient (Wildman–Crippen LogP) is 5.14. The number of aryl methyl sites for hydroxylation is 1. The summed E-state index contributed by atoms with van der Waals surface area (Å²) in [4.78, 5) is 0. The average Bonchev–Trinajstić information content (AvgIpc) is 2.98.